The normalized spacial score (nSPS) is 16.3. The van der Waals surface area contributed by atoms with Gasteiger partial charge in [-0.25, -0.2) is 0 Å². The van der Waals surface area contributed by atoms with E-state index >= 15 is 0 Å². The Balaban J connectivity index is 1.95. The van der Waals surface area contributed by atoms with Crippen molar-refractivity contribution >= 4 is 11.8 Å². The predicted molar refractivity (Wildman–Crippen MR) is 95.9 cm³/mol. The summed E-state index contributed by atoms with van der Waals surface area (Å²) < 4.78 is 5.48. The first-order valence-electron chi connectivity index (χ1n) is 7.89. The molecule has 25 heavy (non-hydrogen) atoms. The summed E-state index contributed by atoms with van der Waals surface area (Å²) >= 11 is 1.41. The van der Waals surface area contributed by atoms with Crippen LogP contribution in [0.1, 0.15) is 30.9 Å². The van der Waals surface area contributed by atoms with Gasteiger partial charge in [-0.05, 0) is 11.5 Å². The minimum atomic E-state index is -0.418. The van der Waals surface area contributed by atoms with Gasteiger partial charge in [0.2, 0.25) is 11.8 Å². The fourth-order valence-electron chi connectivity index (χ4n) is 2.84. The zero-order valence-electron chi connectivity index (χ0n) is 13.9. The quantitative estimate of drug-likeness (QED) is 0.646. The molecule has 0 bridgehead atoms. The molecular formula is C18H18N4O2S. The van der Waals surface area contributed by atoms with E-state index in [2.05, 4.69) is 16.0 Å². The van der Waals surface area contributed by atoms with Crippen LogP contribution >= 0.6 is 11.8 Å². The first-order valence-corrected chi connectivity index (χ1v) is 8.88. The van der Waals surface area contributed by atoms with E-state index in [0.29, 0.717) is 16.5 Å². The maximum Gasteiger partial charge on any atom is 0.259 e. The molecule has 1 aromatic carbocycles. The van der Waals surface area contributed by atoms with Crippen LogP contribution in [0.15, 0.2) is 51.7 Å². The monoisotopic (exact) mass is 354 g/mol. The second-order valence-electron chi connectivity index (χ2n) is 6.08. The summed E-state index contributed by atoms with van der Waals surface area (Å²) in [5, 5.41) is 9.82. The van der Waals surface area contributed by atoms with Crippen LogP contribution in [0.2, 0.25) is 0 Å². The highest BCUT2D eigenvalue weighted by Gasteiger charge is 2.35. The zero-order chi connectivity index (χ0) is 18.0. The summed E-state index contributed by atoms with van der Waals surface area (Å²) in [7, 11) is 0. The Kier molecular flexibility index (Phi) is 4.81. The van der Waals surface area contributed by atoms with E-state index in [4.69, 9.17) is 10.5 Å². The van der Waals surface area contributed by atoms with Crippen molar-refractivity contribution in [1.82, 2.24) is 9.97 Å². The number of aromatic amines is 1. The molecule has 7 heteroatoms. The number of hydrogen-bond acceptors (Lipinski definition) is 6. The fraction of sp³-hybridized carbons (Fsp3) is 0.278. The predicted octanol–water partition coefficient (Wildman–Crippen LogP) is 2.89. The van der Waals surface area contributed by atoms with E-state index in [0.717, 1.165) is 5.56 Å². The Labute approximate surface area is 149 Å². The van der Waals surface area contributed by atoms with Crippen LogP contribution in [0.4, 0.5) is 0 Å². The molecule has 2 heterocycles. The highest BCUT2D eigenvalue weighted by Crippen LogP contribution is 2.39. The number of benzene rings is 1. The van der Waals surface area contributed by atoms with Gasteiger partial charge < -0.3 is 15.5 Å². The van der Waals surface area contributed by atoms with Crippen LogP contribution in [-0.2, 0) is 5.75 Å². The number of nitrogens with two attached hydrogens (primary N) is 1. The van der Waals surface area contributed by atoms with E-state index in [9.17, 15) is 10.1 Å². The molecule has 0 amide bonds. The van der Waals surface area contributed by atoms with E-state index in [-0.39, 0.29) is 28.8 Å². The molecule has 0 aliphatic carbocycles. The number of nitriles is 1. The van der Waals surface area contributed by atoms with Crippen molar-refractivity contribution in [3.63, 3.8) is 0 Å². The molecule has 0 spiro atoms. The maximum absolute atomic E-state index is 12.6. The first-order chi connectivity index (χ1) is 12.0. The van der Waals surface area contributed by atoms with Gasteiger partial charge in [-0.15, -0.1) is 0 Å². The number of hydrogen-bond donors (Lipinski definition) is 2. The van der Waals surface area contributed by atoms with Gasteiger partial charge >= 0.3 is 0 Å². The van der Waals surface area contributed by atoms with Crippen molar-refractivity contribution in [2.24, 2.45) is 11.7 Å². The standard InChI is InChI=1S/C18H18N4O2S/c1-10(2)13-12(8-19)15(20)24-17-14(13)16(23)21-18(22-17)25-9-11-6-4-3-5-7-11/h3-7,10,13H,9,20H2,1-2H3,(H,21,22,23). The Morgan fingerprint density at radius 1 is 1.40 bits per heavy atom. The molecule has 0 radical (unpaired) electrons. The van der Waals surface area contributed by atoms with Gasteiger partial charge in [0.25, 0.3) is 5.56 Å². The largest absolute Gasteiger partial charge is 0.422 e. The fourth-order valence-corrected chi connectivity index (χ4v) is 3.64. The van der Waals surface area contributed by atoms with Gasteiger partial charge in [0.1, 0.15) is 6.07 Å². The molecule has 3 N–H and O–H groups in total. The lowest BCUT2D eigenvalue weighted by atomic mass is 9.82. The second kappa shape index (κ2) is 7.03. The van der Waals surface area contributed by atoms with Crippen molar-refractivity contribution in [1.29, 1.82) is 5.26 Å². The Hall–Kier alpha value is -2.72. The van der Waals surface area contributed by atoms with Crippen LogP contribution in [0.3, 0.4) is 0 Å². The first kappa shape index (κ1) is 17.1. The lowest BCUT2D eigenvalue weighted by Gasteiger charge is -2.26. The van der Waals surface area contributed by atoms with E-state index in [1.807, 2.05) is 44.2 Å². The maximum atomic E-state index is 12.6. The zero-order valence-corrected chi connectivity index (χ0v) is 14.8. The lowest BCUT2D eigenvalue weighted by Crippen LogP contribution is -2.30. The van der Waals surface area contributed by atoms with Gasteiger partial charge in [0.15, 0.2) is 5.16 Å². The average molecular weight is 354 g/mol. The van der Waals surface area contributed by atoms with Crippen molar-refractivity contribution in [2.75, 3.05) is 0 Å². The molecule has 3 rings (SSSR count). The number of H-pyrrole nitrogens is 1. The molecule has 128 valence electrons. The molecule has 1 atom stereocenters. The number of nitrogens with one attached hydrogen (secondary N) is 1. The van der Waals surface area contributed by atoms with Crippen LogP contribution in [-0.4, -0.2) is 9.97 Å². The summed E-state index contributed by atoms with van der Waals surface area (Å²) in [5.41, 5.74) is 7.35. The summed E-state index contributed by atoms with van der Waals surface area (Å²) in [6, 6.07) is 12.0. The van der Waals surface area contributed by atoms with Crippen LogP contribution < -0.4 is 16.0 Å². The highest BCUT2D eigenvalue weighted by atomic mass is 32.2. The number of allylic oxidation sites excluding steroid dienone is 1. The van der Waals surface area contributed by atoms with Crippen molar-refractivity contribution < 1.29 is 4.74 Å². The Morgan fingerprint density at radius 3 is 2.76 bits per heavy atom. The number of fused-ring (bicyclic) bond motifs is 1. The molecule has 1 aliphatic rings. The van der Waals surface area contributed by atoms with Crippen LogP contribution in [0.25, 0.3) is 0 Å². The topological polar surface area (TPSA) is 105 Å². The van der Waals surface area contributed by atoms with Crippen molar-refractivity contribution in [2.45, 2.75) is 30.7 Å². The third kappa shape index (κ3) is 3.39. The number of nitrogens with zero attached hydrogens (tertiary/aromatic N) is 2. The minimum absolute atomic E-state index is 0.0153. The van der Waals surface area contributed by atoms with Crippen molar-refractivity contribution in [3.8, 4) is 11.9 Å². The smallest absolute Gasteiger partial charge is 0.259 e. The van der Waals surface area contributed by atoms with Gasteiger partial charge in [-0.3, -0.25) is 4.79 Å². The van der Waals surface area contributed by atoms with Crippen molar-refractivity contribution in [3.05, 3.63) is 63.3 Å². The van der Waals surface area contributed by atoms with Gasteiger partial charge in [-0.2, -0.15) is 10.2 Å². The molecule has 0 saturated carbocycles. The lowest BCUT2D eigenvalue weighted by molar-refractivity contribution is 0.350. The molecule has 2 aromatic rings. The summed E-state index contributed by atoms with van der Waals surface area (Å²) in [5.74, 6) is 0.477. The van der Waals surface area contributed by atoms with Crippen LogP contribution in [0, 0.1) is 17.2 Å². The van der Waals surface area contributed by atoms with E-state index in [1.54, 1.807) is 0 Å². The highest BCUT2D eigenvalue weighted by molar-refractivity contribution is 7.98. The molecule has 0 fully saturated rings. The van der Waals surface area contributed by atoms with Gasteiger partial charge in [0, 0.05) is 11.7 Å². The van der Waals surface area contributed by atoms with E-state index in [1.165, 1.54) is 11.8 Å². The second-order valence-corrected chi connectivity index (χ2v) is 7.04. The number of ether oxygens (including phenoxy) is 1. The molecule has 6 nitrogen and oxygen atoms in total. The molecule has 1 aromatic heterocycles. The number of aromatic nitrogens is 2. The summed E-state index contributed by atoms with van der Waals surface area (Å²) in [6.07, 6.45) is 0. The molecule has 1 unspecified atom stereocenters. The third-order valence-corrected chi connectivity index (χ3v) is 4.94. The summed E-state index contributed by atoms with van der Waals surface area (Å²) in [6.45, 7) is 3.86. The van der Waals surface area contributed by atoms with Gasteiger partial charge in [0.05, 0.1) is 11.1 Å². The van der Waals surface area contributed by atoms with Crippen LogP contribution in [0.5, 0.6) is 5.88 Å². The van der Waals surface area contributed by atoms with E-state index < -0.39 is 5.92 Å². The molecule has 1 aliphatic heterocycles. The molecular weight excluding hydrogens is 336 g/mol. The Morgan fingerprint density at radius 2 is 2.12 bits per heavy atom. The average Bonchev–Trinajstić information content (AvgIpc) is 2.59. The third-order valence-electron chi connectivity index (χ3n) is 4.00. The molecule has 0 saturated heterocycles. The summed E-state index contributed by atoms with van der Waals surface area (Å²) in [4.78, 5) is 19.8. The van der Waals surface area contributed by atoms with Gasteiger partial charge in [-0.1, -0.05) is 55.9 Å². The minimum Gasteiger partial charge on any atom is -0.422 e. The SMILES string of the molecule is CC(C)C1C(C#N)=C(N)Oc2nc(SCc3ccccc3)[nH]c(=O)c21. The number of rotatable bonds is 4. The number of thioether (sulfide) groups is 1. The Bertz CT molecular complexity index is 913.